The highest BCUT2D eigenvalue weighted by Crippen LogP contribution is 2.38. The van der Waals surface area contributed by atoms with Crippen molar-refractivity contribution in [2.24, 2.45) is 5.73 Å². The number of rotatable bonds is 3. The Bertz CT molecular complexity index is 636. The third-order valence-corrected chi connectivity index (χ3v) is 5.67. The van der Waals surface area contributed by atoms with E-state index in [9.17, 15) is 0 Å². The number of benzene rings is 1. The number of ether oxygens (including phenoxy) is 1. The highest BCUT2D eigenvalue weighted by Gasteiger charge is 2.22. The Hall–Kier alpha value is -1.32. The van der Waals surface area contributed by atoms with E-state index in [1.54, 1.807) is 7.11 Å². The summed E-state index contributed by atoms with van der Waals surface area (Å²) in [5, 5.41) is 0. The fourth-order valence-corrected chi connectivity index (χ4v) is 4.59. The lowest BCUT2D eigenvalue weighted by molar-refractivity contribution is 0.407. The molecule has 21 heavy (non-hydrogen) atoms. The first-order chi connectivity index (χ1) is 10.1. The van der Waals surface area contributed by atoms with Crippen LogP contribution in [0.15, 0.2) is 18.2 Å². The van der Waals surface area contributed by atoms with Crippen LogP contribution >= 0.6 is 11.3 Å². The van der Waals surface area contributed by atoms with E-state index in [1.807, 2.05) is 11.3 Å². The van der Waals surface area contributed by atoms with E-state index in [0.29, 0.717) is 0 Å². The van der Waals surface area contributed by atoms with Gasteiger partial charge in [-0.2, -0.15) is 0 Å². The molecule has 0 amide bonds. The first-order valence-corrected chi connectivity index (χ1v) is 8.44. The SMILES string of the molecule is COc1cc(C)cc(C)c1C(N)c1cc2c(s1)CCCC2. The van der Waals surface area contributed by atoms with Crippen molar-refractivity contribution in [2.45, 2.75) is 45.6 Å². The van der Waals surface area contributed by atoms with Crippen LogP contribution in [0, 0.1) is 13.8 Å². The zero-order valence-electron chi connectivity index (χ0n) is 13.0. The van der Waals surface area contributed by atoms with Gasteiger partial charge in [0.15, 0.2) is 0 Å². The number of nitrogens with two attached hydrogens (primary N) is 1. The van der Waals surface area contributed by atoms with Crippen molar-refractivity contribution >= 4 is 11.3 Å². The van der Waals surface area contributed by atoms with Crippen molar-refractivity contribution in [3.05, 3.63) is 50.2 Å². The number of hydrogen-bond acceptors (Lipinski definition) is 3. The minimum atomic E-state index is -0.0869. The lowest BCUT2D eigenvalue weighted by atomic mass is 9.95. The number of hydrogen-bond donors (Lipinski definition) is 1. The molecule has 1 aliphatic rings. The second-order valence-corrected chi connectivity index (χ2v) is 7.15. The molecule has 1 aromatic heterocycles. The van der Waals surface area contributed by atoms with Crippen LogP contribution in [0.2, 0.25) is 0 Å². The molecule has 0 spiro atoms. The average Bonchev–Trinajstić information content (AvgIpc) is 2.89. The molecular weight excluding hydrogens is 278 g/mol. The van der Waals surface area contributed by atoms with Crippen LogP contribution in [0.3, 0.4) is 0 Å². The molecule has 0 radical (unpaired) electrons. The molecule has 1 unspecified atom stereocenters. The highest BCUT2D eigenvalue weighted by atomic mass is 32.1. The van der Waals surface area contributed by atoms with Crippen LogP contribution in [-0.2, 0) is 12.8 Å². The predicted octanol–water partition coefficient (Wildman–Crippen LogP) is 4.30. The largest absolute Gasteiger partial charge is 0.496 e. The van der Waals surface area contributed by atoms with E-state index in [1.165, 1.54) is 52.1 Å². The van der Waals surface area contributed by atoms with Crippen molar-refractivity contribution in [1.29, 1.82) is 0 Å². The predicted molar refractivity (Wildman–Crippen MR) is 89.5 cm³/mol. The van der Waals surface area contributed by atoms with Gasteiger partial charge in [0.05, 0.1) is 13.2 Å². The Balaban J connectivity index is 2.02. The standard InChI is InChI=1S/C18H23NOS/c1-11-8-12(2)17(14(9-11)20-3)18(19)16-10-13-6-4-5-7-15(13)21-16/h8-10,18H,4-7,19H2,1-3H3. The molecule has 3 rings (SSSR count). The van der Waals surface area contributed by atoms with E-state index in [4.69, 9.17) is 10.5 Å². The maximum Gasteiger partial charge on any atom is 0.124 e. The summed E-state index contributed by atoms with van der Waals surface area (Å²) in [6.45, 7) is 4.22. The molecule has 2 N–H and O–H groups in total. The second-order valence-electron chi connectivity index (χ2n) is 5.98. The molecule has 112 valence electrons. The molecule has 3 heteroatoms. The zero-order chi connectivity index (χ0) is 15.0. The smallest absolute Gasteiger partial charge is 0.124 e. The summed E-state index contributed by atoms with van der Waals surface area (Å²) in [5.41, 5.74) is 11.7. The molecular formula is C18H23NOS. The fraction of sp³-hybridized carbons (Fsp3) is 0.444. The molecule has 1 heterocycles. The second kappa shape index (κ2) is 5.82. The van der Waals surface area contributed by atoms with Crippen LogP contribution in [0.5, 0.6) is 5.75 Å². The van der Waals surface area contributed by atoms with Gasteiger partial charge >= 0.3 is 0 Å². The maximum atomic E-state index is 6.59. The fourth-order valence-electron chi connectivity index (χ4n) is 3.32. The van der Waals surface area contributed by atoms with Crippen molar-refractivity contribution in [1.82, 2.24) is 0 Å². The first-order valence-electron chi connectivity index (χ1n) is 7.62. The van der Waals surface area contributed by atoms with Crippen molar-refractivity contribution in [2.75, 3.05) is 7.11 Å². The van der Waals surface area contributed by atoms with Gasteiger partial charge in [-0.25, -0.2) is 0 Å². The molecule has 1 atom stereocenters. The van der Waals surface area contributed by atoms with E-state index < -0.39 is 0 Å². The zero-order valence-corrected chi connectivity index (χ0v) is 13.8. The Morgan fingerprint density at radius 2 is 1.90 bits per heavy atom. The summed E-state index contributed by atoms with van der Waals surface area (Å²) < 4.78 is 5.58. The van der Waals surface area contributed by atoms with Gasteiger partial charge in [0.1, 0.15) is 5.75 Å². The molecule has 0 fully saturated rings. The van der Waals surface area contributed by atoms with Crippen LogP contribution < -0.4 is 10.5 Å². The van der Waals surface area contributed by atoms with Gasteiger partial charge in [-0.3, -0.25) is 0 Å². The maximum absolute atomic E-state index is 6.59. The number of thiophene rings is 1. The normalized spacial score (nSPS) is 15.6. The molecule has 0 saturated heterocycles. The summed E-state index contributed by atoms with van der Waals surface area (Å²) in [5.74, 6) is 0.909. The van der Waals surface area contributed by atoms with Gasteiger partial charge in [0.25, 0.3) is 0 Å². The van der Waals surface area contributed by atoms with Crippen LogP contribution in [0.4, 0.5) is 0 Å². The molecule has 1 aromatic carbocycles. The lowest BCUT2D eigenvalue weighted by Crippen LogP contribution is -2.13. The third kappa shape index (κ3) is 2.72. The number of fused-ring (bicyclic) bond motifs is 1. The Labute approximate surface area is 130 Å². The van der Waals surface area contributed by atoms with Gasteiger partial charge in [-0.1, -0.05) is 6.07 Å². The van der Waals surface area contributed by atoms with Crippen molar-refractivity contribution in [3.63, 3.8) is 0 Å². The van der Waals surface area contributed by atoms with Gasteiger partial charge in [0, 0.05) is 15.3 Å². The Kier molecular flexibility index (Phi) is 4.05. The summed E-state index contributed by atoms with van der Waals surface area (Å²) in [6, 6.07) is 6.50. The summed E-state index contributed by atoms with van der Waals surface area (Å²) in [7, 11) is 1.73. The van der Waals surface area contributed by atoms with E-state index in [-0.39, 0.29) is 6.04 Å². The van der Waals surface area contributed by atoms with Crippen LogP contribution in [-0.4, -0.2) is 7.11 Å². The number of methoxy groups -OCH3 is 1. The van der Waals surface area contributed by atoms with E-state index in [2.05, 4.69) is 32.0 Å². The number of aryl methyl sites for hydroxylation is 4. The van der Waals surface area contributed by atoms with Gasteiger partial charge in [0.2, 0.25) is 0 Å². The first kappa shape index (κ1) is 14.6. The molecule has 0 bridgehead atoms. The molecule has 2 aromatic rings. The molecule has 1 aliphatic carbocycles. The van der Waals surface area contributed by atoms with Crippen LogP contribution in [0.1, 0.15) is 50.9 Å². The van der Waals surface area contributed by atoms with E-state index in [0.717, 1.165) is 11.3 Å². The third-order valence-electron chi connectivity index (χ3n) is 4.35. The van der Waals surface area contributed by atoms with Gasteiger partial charge in [-0.15, -0.1) is 11.3 Å². The average molecular weight is 301 g/mol. The highest BCUT2D eigenvalue weighted by molar-refractivity contribution is 7.12. The molecule has 0 saturated carbocycles. The Morgan fingerprint density at radius 3 is 2.62 bits per heavy atom. The van der Waals surface area contributed by atoms with Gasteiger partial charge in [-0.05, 0) is 68.4 Å². The molecule has 0 aliphatic heterocycles. The van der Waals surface area contributed by atoms with Crippen molar-refractivity contribution in [3.8, 4) is 5.75 Å². The lowest BCUT2D eigenvalue weighted by Gasteiger charge is -2.18. The van der Waals surface area contributed by atoms with Crippen LogP contribution in [0.25, 0.3) is 0 Å². The topological polar surface area (TPSA) is 35.2 Å². The minimum Gasteiger partial charge on any atom is -0.496 e. The van der Waals surface area contributed by atoms with Crippen molar-refractivity contribution < 1.29 is 4.74 Å². The van der Waals surface area contributed by atoms with E-state index >= 15 is 0 Å². The quantitative estimate of drug-likeness (QED) is 0.917. The Morgan fingerprint density at radius 1 is 1.14 bits per heavy atom. The minimum absolute atomic E-state index is 0.0869. The molecule has 2 nitrogen and oxygen atoms in total. The van der Waals surface area contributed by atoms with Gasteiger partial charge < -0.3 is 10.5 Å². The monoisotopic (exact) mass is 301 g/mol. The summed E-state index contributed by atoms with van der Waals surface area (Å²) >= 11 is 1.89. The summed E-state index contributed by atoms with van der Waals surface area (Å²) in [4.78, 5) is 2.81. The summed E-state index contributed by atoms with van der Waals surface area (Å²) in [6.07, 6.45) is 5.06.